The van der Waals surface area contributed by atoms with Crippen molar-refractivity contribution in [2.45, 2.75) is 25.9 Å². The van der Waals surface area contributed by atoms with Crippen LogP contribution in [0, 0.1) is 5.41 Å². The van der Waals surface area contributed by atoms with Crippen LogP contribution in [0.25, 0.3) is 0 Å². The molecule has 1 aliphatic rings. The fraction of sp³-hybridized carbons (Fsp3) is 0.667. The van der Waals surface area contributed by atoms with Crippen molar-refractivity contribution < 1.29 is 9.53 Å². The summed E-state index contributed by atoms with van der Waals surface area (Å²) in [5, 5.41) is 0. The van der Waals surface area contributed by atoms with Gasteiger partial charge in [0.05, 0.1) is 11.5 Å². The summed E-state index contributed by atoms with van der Waals surface area (Å²) in [6.07, 6.45) is 6.89. The number of ether oxygens (including phenoxy) is 1. The lowest BCUT2D eigenvalue weighted by atomic mass is 9.78. The standard InChI is InChI=1S/C9H14O2/c1-9(7-10)6-4-3-5-8(9)11-2/h3,5,7-8H,4,6H2,1-2H3/t8-,9-/m0/s1. The quantitative estimate of drug-likeness (QED) is 0.445. The number of allylic oxidation sites excluding steroid dienone is 1. The second-order valence-corrected chi connectivity index (χ2v) is 3.25. The van der Waals surface area contributed by atoms with Gasteiger partial charge in [0.2, 0.25) is 0 Å². The topological polar surface area (TPSA) is 26.3 Å². The van der Waals surface area contributed by atoms with E-state index < -0.39 is 0 Å². The van der Waals surface area contributed by atoms with E-state index in [0.29, 0.717) is 0 Å². The molecule has 2 atom stereocenters. The lowest BCUT2D eigenvalue weighted by Crippen LogP contribution is -2.35. The maximum atomic E-state index is 10.7. The van der Waals surface area contributed by atoms with Crippen LogP contribution >= 0.6 is 0 Å². The third-order valence-corrected chi connectivity index (χ3v) is 2.33. The molecule has 0 spiro atoms. The zero-order valence-corrected chi connectivity index (χ0v) is 7.04. The highest BCUT2D eigenvalue weighted by Gasteiger charge is 2.33. The van der Waals surface area contributed by atoms with Crippen LogP contribution in [0.5, 0.6) is 0 Å². The van der Waals surface area contributed by atoms with Gasteiger partial charge < -0.3 is 9.53 Å². The van der Waals surface area contributed by atoms with Gasteiger partial charge in [-0.25, -0.2) is 0 Å². The van der Waals surface area contributed by atoms with Gasteiger partial charge in [0.1, 0.15) is 6.29 Å². The fourth-order valence-electron chi connectivity index (χ4n) is 1.45. The van der Waals surface area contributed by atoms with Gasteiger partial charge >= 0.3 is 0 Å². The van der Waals surface area contributed by atoms with Crippen molar-refractivity contribution in [2.75, 3.05) is 7.11 Å². The Morgan fingerprint density at radius 1 is 1.73 bits per heavy atom. The number of rotatable bonds is 2. The van der Waals surface area contributed by atoms with Crippen LogP contribution in [0.2, 0.25) is 0 Å². The average Bonchev–Trinajstić information content (AvgIpc) is 2.05. The molecular formula is C9H14O2. The highest BCUT2D eigenvalue weighted by atomic mass is 16.5. The van der Waals surface area contributed by atoms with E-state index in [1.54, 1.807) is 7.11 Å². The largest absolute Gasteiger partial charge is 0.376 e. The second kappa shape index (κ2) is 3.18. The number of hydrogen-bond donors (Lipinski definition) is 0. The lowest BCUT2D eigenvalue weighted by molar-refractivity contribution is -0.121. The molecule has 0 bridgehead atoms. The van der Waals surface area contributed by atoms with Crippen LogP contribution < -0.4 is 0 Å². The molecule has 0 unspecified atom stereocenters. The normalized spacial score (nSPS) is 37.1. The van der Waals surface area contributed by atoms with E-state index in [2.05, 4.69) is 6.08 Å². The van der Waals surface area contributed by atoms with Crippen LogP contribution in [-0.4, -0.2) is 19.5 Å². The first kappa shape index (κ1) is 8.47. The smallest absolute Gasteiger partial charge is 0.128 e. The van der Waals surface area contributed by atoms with Crippen LogP contribution in [0.3, 0.4) is 0 Å². The first-order valence-corrected chi connectivity index (χ1v) is 3.89. The summed E-state index contributed by atoms with van der Waals surface area (Å²) in [5.74, 6) is 0. The summed E-state index contributed by atoms with van der Waals surface area (Å²) < 4.78 is 5.18. The molecule has 0 saturated heterocycles. The van der Waals surface area contributed by atoms with Crippen LogP contribution in [0.4, 0.5) is 0 Å². The Labute approximate surface area is 67.2 Å². The predicted molar refractivity (Wildman–Crippen MR) is 43.3 cm³/mol. The SMILES string of the molecule is CO[C@H]1C=CCC[C@@]1(C)C=O. The minimum absolute atomic E-state index is 0.0336. The van der Waals surface area contributed by atoms with Gasteiger partial charge in [-0.1, -0.05) is 19.1 Å². The third kappa shape index (κ3) is 1.51. The van der Waals surface area contributed by atoms with E-state index >= 15 is 0 Å². The van der Waals surface area contributed by atoms with Crippen molar-refractivity contribution in [2.24, 2.45) is 5.41 Å². The summed E-state index contributed by atoms with van der Waals surface area (Å²) in [4.78, 5) is 10.7. The van der Waals surface area contributed by atoms with E-state index in [1.807, 2.05) is 13.0 Å². The Morgan fingerprint density at radius 2 is 2.45 bits per heavy atom. The molecule has 11 heavy (non-hydrogen) atoms. The second-order valence-electron chi connectivity index (χ2n) is 3.25. The Hall–Kier alpha value is -0.630. The van der Waals surface area contributed by atoms with Gasteiger partial charge in [-0.2, -0.15) is 0 Å². The highest BCUT2D eigenvalue weighted by molar-refractivity contribution is 5.61. The molecule has 2 nitrogen and oxygen atoms in total. The van der Waals surface area contributed by atoms with Crippen molar-refractivity contribution in [3.63, 3.8) is 0 Å². The molecule has 0 aromatic heterocycles. The molecule has 0 radical (unpaired) electrons. The van der Waals surface area contributed by atoms with E-state index in [1.165, 1.54) is 0 Å². The zero-order chi connectivity index (χ0) is 8.32. The molecule has 0 N–H and O–H groups in total. The Bertz CT molecular complexity index is 174. The van der Waals surface area contributed by atoms with Crippen molar-refractivity contribution in [1.82, 2.24) is 0 Å². The monoisotopic (exact) mass is 154 g/mol. The summed E-state index contributed by atoms with van der Waals surface area (Å²) in [6, 6.07) is 0. The van der Waals surface area contributed by atoms with Gasteiger partial charge in [0.15, 0.2) is 0 Å². The number of aldehydes is 1. The summed E-state index contributed by atoms with van der Waals surface area (Å²) in [7, 11) is 1.64. The number of carbonyl (C=O) groups is 1. The van der Waals surface area contributed by atoms with E-state index in [9.17, 15) is 4.79 Å². The molecule has 0 fully saturated rings. The lowest BCUT2D eigenvalue weighted by Gasteiger charge is -2.32. The van der Waals surface area contributed by atoms with Crippen molar-refractivity contribution in [3.8, 4) is 0 Å². The number of methoxy groups -OCH3 is 1. The Kier molecular flexibility index (Phi) is 2.45. The first-order chi connectivity index (χ1) is 5.23. The van der Waals surface area contributed by atoms with E-state index in [4.69, 9.17) is 4.74 Å². The van der Waals surface area contributed by atoms with Crippen molar-refractivity contribution >= 4 is 6.29 Å². The number of carbonyl (C=O) groups excluding carboxylic acids is 1. The molecule has 62 valence electrons. The zero-order valence-electron chi connectivity index (χ0n) is 7.04. The number of hydrogen-bond acceptors (Lipinski definition) is 2. The van der Waals surface area contributed by atoms with Crippen molar-refractivity contribution in [3.05, 3.63) is 12.2 Å². The van der Waals surface area contributed by atoms with Gasteiger partial charge in [0, 0.05) is 7.11 Å². The minimum atomic E-state index is -0.302. The summed E-state index contributed by atoms with van der Waals surface area (Å²) >= 11 is 0. The Morgan fingerprint density at radius 3 is 2.91 bits per heavy atom. The van der Waals surface area contributed by atoms with Gasteiger partial charge in [-0.05, 0) is 12.8 Å². The molecule has 0 aliphatic heterocycles. The van der Waals surface area contributed by atoms with Crippen LogP contribution in [0.1, 0.15) is 19.8 Å². The summed E-state index contributed by atoms with van der Waals surface area (Å²) in [6.45, 7) is 1.94. The van der Waals surface area contributed by atoms with Gasteiger partial charge in [0.25, 0.3) is 0 Å². The highest BCUT2D eigenvalue weighted by Crippen LogP contribution is 2.31. The molecule has 0 aromatic rings. The van der Waals surface area contributed by atoms with Crippen molar-refractivity contribution in [1.29, 1.82) is 0 Å². The molecule has 2 heteroatoms. The van der Waals surface area contributed by atoms with Gasteiger partial charge in [-0.15, -0.1) is 0 Å². The third-order valence-electron chi connectivity index (χ3n) is 2.33. The fourth-order valence-corrected chi connectivity index (χ4v) is 1.45. The molecule has 1 aliphatic carbocycles. The maximum absolute atomic E-state index is 10.7. The maximum Gasteiger partial charge on any atom is 0.128 e. The summed E-state index contributed by atoms with van der Waals surface area (Å²) in [5.41, 5.74) is -0.302. The molecule has 0 amide bonds. The average molecular weight is 154 g/mol. The molecule has 0 heterocycles. The predicted octanol–water partition coefficient (Wildman–Crippen LogP) is 1.56. The molecule has 1 rings (SSSR count). The van der Waals surface area contributed by atoms with Gasteiger partial charge in [-0.3, -0.25) is 0 Å². The molecule has 0 saturated carbocycles. The molecule has 0 aromatic carbocycles. The van der Waals surface area contributed by atoms with Crippen LogP contribution in [-0.2, 0) is 9.53 Å². The van der Waals surface area contributed by atoms with E-state index in [0.717, 1.165) is 19.1 Å². The van der Waals surface area contributed by atoms with E-state index in [-0.39, 0.29) is 11.5 Å². The Balaban J connectivity index is 2.77. The minimum Gasteiger partial charge on any atom is -0.376 e. The molecular weight excluding hydrogens is 140 g/mol. The van der Waals surface area contributed by atoms with Crippen LogP contribution in [0.15, 0.2) is 12.2 Å². The first-order valence-electron chi connectivity index (χ1n) is 3.89.